The number of amides is 2. The van der Waals surface area contributed by atoms with Crippen molar-refractivity contribution >= 4 is 11.8 Å². The van der Waals surface area contributed by atoms with E-state index in [0.717, 1.165) is 31.6 Å². The molecule has 0 radical (unpaired) electrons. The highest BCUT2D eigenvalue weighted by Gasteiger charge is 2.25. The van der Waals surface area contributed by atoms with Crippen LogP contribution in [0.4, 0.5) is 0 Å². The molecule has 7 heteroatoms. The highest BCUT2D eigenvalue weighted by atomic mass is 16.2. The van der Waals surface area contributed by atoms with Gasteiger partial charge in [-0.1, -0.05) is 5.57 Å². The van der Waals surface area contributed by atoms with E-state index in [9.17, 15) is 9.59 Å². The van der Waals surface area contributed by atoms with E-state index < -0.39 is 0 Å². The molecule has 0 spiro atoms. The Bertz CT molecular complexity index is 631. The Balaban J connectivity index is 1.77. The van der Waals surface area contributed by atoms with Crippen molar-refractivity contribution in [2.45, 2.75) is 26.8 Å². The van der Waals surface area contributed by atoms with E-state index in [4.69, 9.17) is 0 Å². The summed E-state index contributed by atoms with van der Waals surface area (Å²) in [7, 11) is 4.01. The number of likely N-dealkylation sites (tertiary alicyclic amines) is 1. The average molecular weight is 347 g/mol. The van der Waals surface area contributed by atoms with Crippen molar-refractivity contribution in [3.8, 4) is 0 Å². The number of hydrogen-bond acceptors (Lipinski definition) is 4. The molecule has 1 N–H and O–H groups in total. The minimum Gasteiger partial charge on any atom is -0.350 e. The van der Waals surface area contributed by atoms with Crippen LogP contribution in [-0.4, -0.2) is 71.7 Å². The first kappa shape index (κ1) is 19.2. The van der Waals surface area contributed by atoms with E-state index in [0.29, 0.717) is 24.7 Å². The summed E-state index contributed by atoms with van der Waals surface area (Å²) in [4.78, 5) is 28.2. The van der Waals surface area contributed by atoms with E-state index in [2.05, 4.69) is 15.3 Å². The number of nitrogens with one attached hydrogen (secondary N) is 1. The van der Waals surface area contributed by atoms with Crippen LogP contribution in [0.25, 0.3) is 0 Å². The summed E-state index contributed by atoms with van der Waals surface area (Å²) < 4.78 is 1.78. The largest absolute Gasteiger partial charge is 0.350 e. The van der Waals surface area contributed by atoms with Crippen molar-refractivity contribution in [1.82, 2.24) is 24.9 Å². The summed E-state index contributed by atoms with van der Waals surface area (Å²) in [5, 5.41) is 7.25. The van der Waals surface area contributed by atoms with E-state index in [1.165, 1.54) is 0 Å². The molecule has 138 valence electrons. The van der Waals surface area contributed by atoms with Crippen molar-refractivity contribution in [3.63, 3.8) is 0 Å². The minimum absolute atomic E-state index is 0.0634. The van der Waals surface area contributed by atoms with Crippen molar-refractivity contribution < 1.29 is 9.59 Å². The lowest BCUT2D eigenvalue weighted by Crippen LogP contribution is -2.32. The minimum atomic E-state index is -0.155. The van der Waals surface area contributed by atoms with E-state index in [-0.39, 0.29) is 11.8 Å². The molecule has 1 saturated heterocycles. The predicted octanol–water partition coefficient (Wildman–Crippen LogP) is 0.989. The Hall–Kier alpha value is -2.15. The lowest BCUT2D eigenvalue weighted by Gasteiger charge is -2.15. The molecule has 25 heavy (non-hydrogen) atoms. The third-order valence-electron chi connectivity index (χ3n) is 4.21. The lowest BCUT2D eigenvalue weighted by atomic mass is 10.1. The number of likely N-dealkylation sites (N-methyl/N-ethyl adjacent to an activating group) is 1. The zero-order chi connectivity index (χ0) is 18.4. The molecule has 1 fully saturated rings. The van der Waals surface area contributed by atoms with E-state index in [1.54, 1.807) is 16.8 Å². The zero-order valence-corrected chi connectivity index (χ0v) is 15.7. The van der Waals surface area contributed by atoms with Gasteiger partial charge in [0.2, 0.25) is 5.91 Å². The van der Waals surface area contributed by atoms with Crippen LogP contribution in [0.1, 0.15) is 30.8 Å². The first-order valence-corrected chi connectivity index (χ1v) is 8.75. The second-order valence-corrected chi connectivity index (χ2v) is 7.14. The van der Waals surface area contributed by atoms with Gasteiger partial charge in [-0.25, -0.2) is 0 Å². The first-order valence-electron chi connectivity index (χ1n) is 8.75. The predicted molar refractivity (Wildman–Crippen MR) is 97.2 cm³/mol. The van der Waals surface area contributed by atoms with Crippen LogP contribution in [-0.2, 0) is 11.3 Å². The second kappa shape index (κ2) is 8.80. The average Bonchev–Trinajstić information content (AvgIpc) is 3.19. The van der Waals surface area contributed by atoms with Gasteiger partial charge in [0.25, 0.3) is 5.91 Å². The quantitative estimate of drug-likeness (QED) is 0.747. The molecule has 1 atom stereocenters. The number of aromatic nitrogens is 2. The number of carbonyl (C=O) groups excluding carboxylic acids is 2. The maximum Gasteiger partial charge on any atom is 0.271 e. The summed E-state index contributed by atoms with van der Waals surface area (Å²) in [5.41, 5.74) is 1.45. The van der Waals surface area contributed by atoms with Crippen LogP contribution < -0.4 is 5.32 Å². The number of nitrogens with zero attached hydrogens (tertiary/aromatic N) is 4. The van der Waals surface area contributed by atoms with Crippen LogP contribution in [0.3, 0.4) is 0 Å². The Morgan fingerprint density at radius 1 is 1.40 bits per heavy atom. The summed E-state index contributed by atoms with van der Waals surface area (Å²) >= 11 is 0. The molecule has 0 saturated carbocycles. The Morgan fingerprint density at radius 3 is 2.84 bits per heavy atom. The third kappa shape index (κ3) is 6.01. The Kier molecular flexibility index (Phi) is 6.75. The highest BCUT2D eigenvalue weighted by molar-refractivity contribution is 5.92. The summed E-state index contributed by atoms with van der Waals surface area (Å²) in [6.45, 7) is 7.49. The number of carbonyl (C=O) groups is 2. The molecule has 0 bridgehead atoms. The number of allylic oxidation sites excluding steroid dienone is 1. The number of hydrogen-bond donors (Lipinski definition) is 1. The van der Waals surface area contributed by atoms with Crippen molar-refractivity contribution in [2.75, 3.05) is 40.3 Å². The van der Waals surface area contributed by atoms with Crippen molar-refractivity contribution in [2.24, 2.45) is 5.92 Å². The van der Waals surface area contributed by atoms with Gasteiger partial charge < -0.3 is 15.1 Å². The van der Waals surface area contributed by atoms with Gasteiger partial charge >= 0.3 is 0 Å². The van der Waals surface area contributed by atoms with Crippen LogP contribution in [0.15, 0.2) is 23.9 Å². The molecule has 7 nitrogen and oxygen atoms in total. The second-order valence-electron chi connectivity index (χ2n) is 7.14. The van der Waals surface area contributed by atoms with Gasteiger partial charge in [0.15, 0.2) is 0 Å². The van der Waals surface area contributed by atoms with Crippen LogP contribution in [0.2, 0.25) is 0 Å². The molecule has 1 aliphatic heterocycles. The Morgan fingerprint density at radius 2 is 2.16 bits per heavy atom. The van der Waals surface area contributed by atoms with Gasteiger partial charge in [0, 0.05) is 38.5 Å². The topological polar surface area (TPSA) is 70.5 Å². The third-order valence-corrected chi connectivity index (χ3v) is 4.21. The van der Waals surface area contributed by atoms with Crippen LogP contribution in [0.5, 0.6) is 0 Å². The van der Waals surface area contributed by atoms with Gasteiger partial charge in [0.1, 0.15) is 5.69 Å². The first-order chi connectivity index (χ1) is 11.8. The molecule has 0 aromatic carbocycles. The van der Waals surface area contributed by atoms with Crippen molar-refractivity contribution in [1.29, 1.82) is 0 Å². The monoisotopic (exact) mass is 347 g/mol. The van der Waals surface area contributed by atoms with Crippen molar-refractivity contribution in [3.05, 3.63) is 29.6 Å². The fourth-order valence-corrected chi connectivity index (χ4v) is 2.78. The van der Waals surface area contributed by atoms with E-state index >= 15 is 0 Å². The molecule has 1 aromatic heterocycles. The standard InChI is InChI=1S/C18H29N5O2/c1-14(2)11-17(24)22-7-5-15(13-22)12-19-18(25)16-6-8-23(20-16)10-9-21(3)4/h6,8,11,15H,5,7,9-10,12-13H2,1-4H3,(H,19,25)/t15-/m0/s1. The molecule has 2 rings (SSSR count). The molecule has 2 heterocycles. The lowest BCUT2D eigenvalue weighted by molar-refractivity contribution is -0.125. The van der Waals surface area contributed by atoms with Gasteiger partial charge in [-0.2, -0.15) is 5.10 Å². The normalized spacial score (nSPS) is 17.0. The SMILES string of the molecule is CC(C)=CC(=O)N1CC[C@@H](CNC(=O)c2ccn(CCN(C)C)n2)C1. The molecule has 0 unspecified atom stereocenters. The highest BCUT2D eigenvalue weighted by Crippen LogP contribution is 2.16. The molecular formula is C18H29N5O2. The fraction of sp³-hybridized carbons (Fsp3) is 0.611. The van der Waals surface area contributed by atoms with Gasteiger partial charge in [-0.05, 0) is 46.3 Å². The summed E-state index contributed by atoms with van der Waals surface area (Å²) in [6.07, 6.45) is 4.41. The maximum atomic E-state index is 12.2. The van der Waals surface area contributed by atoms with Crippen LogP contribution >= 0.6 is 0 Å². The number of rotatable bonds is 7. The van der Waals surface area contributed by atoms with Gasteiger partial charge in [-0.15, -0.1) is 0 Å². The fourth-order valence-electron chi connectivity index (χ4n) is 2.78. The van der Waals surface area contributed by atoms with E-state index in [1.807, 2.05) is 39.0 Å². The molecular weight excluding hydrogens is 318 g/mol. The summed E-state index contributed by atoms with van der Waals surface area (Å²) in [6, 6.07) is 1.74. The van der Waals surface area contributed by atoms with Crippen LogP contribution in [0, 0.1) is 5.92 Å². The zero-order valence-electron chi connectivity index (χ0n) is 15.7. The maximum absolute atomic E-state index is 12.2. The summed E-state index contributed by atoms with van der Waals surface area (Å²) in [5.74, 6) is 0.209. The molecule has 2 amide bonds. The Labute approximate surface area is 149 Å². The molecule has 0 aliphatic carbocycles. The van der Waals surface area contributed by atoms with Gasteiger partial charge in [0.05, 0.1) is 6.54 Å². The smallest absolute Gasteiger partial charge is 0.271 e. The van der Waals surface area contributed by atoms with Gasteiger partial charge in [-0.3, -0.25) is 14.3 Å². The molecule has 1 aromatic rings. The molecule has 1 aliphatic rings.